The van der Waals surface area contributed by atoms with Crippen LogP contribution in [-0.2, 0) is 6.42 Å². The SMILES string of the molecule is C=CCCCc1ccc(F)c(Br)c1. The second kappa shape index (κ2) is 5.18. The van der Waals surface area contributed by atoms with E-state index in [2.05, 4.69) is 22.5 Å². The van der Waals surface area contributed by atoms with Gasteiger partial charge in [0.25, 0.3) is 0 Å². The first-order valence-electron chi connectivity index (χ1n) is 4.29. The van der Waals surface area contributed by atoms with Gasteiger partial charge in [-0.25, -0.2) is 4.39 Å². The number of hydrogen-bond acceptors (Lipinski definition) is 0. The smallest absolute Gasteiger partial charge is 0.137 e. The Morgan fingerprint density at radius 2 is 2.23 bits per heavy atom. The number of aryl methyl sites for hydroxylation is 1. The minimum absolute atomic E-state index is 0.201. The van der Waals surface area contributed by atoms with E-state index >= 15 is 0 Å². The van der Waals surface area contributed by atoms with E-state index < -0.39 is 0 Å². The summed E-state index contributed by atoms with van der Waals surface area (Å²) >= 11 is 3.16. The zero-order chi connectivity index (χ0) is 9.68. The highest BCUT2D eigenvalue weighted by Crippen LogP contribution is 2.17. The molecule has 70 valence electrons. The van der Waals surface area contributed by atoms with Crippen molar-refractivity contribution in [3.63, 3.8) is 0 Å². The van der Waals surface area contributed by atoms with E-state index in [0.717, 1.165) is 24.8 Å². The van der Waals surface area contributed by atoms with Crippen LogP contribution >= 0.6 is 15.9 Å². The molecule has 0 atom stereocenters. The molecule has 0 saturated carbocycles. The molecule has 0 amide bonds. The van der Waals surface area contributed by atoms with Crippen LogP contribution in [0.4, 0.5) is 4.39 Å². The zero-order valence-corrected chi connectivity index (χ0v) is 8.98. The second-order valence-electron chi connectivity index (χ2n) is 2.93. The maximum atomic E-state index is 12.8. The Hall–Kier alpha value is -0.630. The van der Waals surface area contributed by atoms with Gasteiger partial charge in [0.2, 0.25) is 0 Å². The van der Waals surface area contributed by atoms with Crippen LogP contribution in [0.15, 0.2) is 35.3 Å². The van der Waals surface area contributed by atoms with E-state index in [1.807, 2.05) is 18.2 Å². The predicted octanol–water partition coefficient (Wildman–Crippen LogP) is 4.10. The van der Waals surface area contributed by atoms with Crippen molar-refractivity contribution in [3.05, 3.63) is 46.7 Å². The quantitative estimate of drug-likeness (QED) is 0.551. The molecule has 2 heteroatoms. The third kappa shape index (κ3) is 3.31. The standard InChI is InChI=1S/C11H12BrF/c1-2-3-4-5-9-6-7-11(13)10(12)8-9/h2,6-8H,1,3-5H2. The molecule has 1 aromatic carbocycles. The molecular formula is C11H12BrF. The highest BCUT2D eigenvalue weighted by molar-refractivity contribution is 9.10. The average molecular weight is 243 g/mol. The first kappa shape index (κ1) is 10.5. The second-order valence-corrected chi connectivity index (χ2v) is 3.78. The number of hydrogen-bond donors (Lipinski definition) is 0. The summed E-state index contributed by atoms with van der Waals surface area (Å²) in [5.74, 6) is -0.201. The van der Waals surface area contributed by atoms with Gasteiger partial charge in [0.05, 0.1) is 4.47 Å². The molecule has 1 aromatic rings. The molecule has 13 heavy (non-hydrogen) atoms. The third-order valence-corrected chi connectivity index (χ3v) is 2.47. The summed E-state index contributed by atoms with van der Waals surface area (Å²) in [6.45, 7) is 3.65. The molecule has 0 aliphatic rings. The molecule has 0 aromatic heterocycles. The average Bonchev–Trinajstić information content (AvgIpc) is 2.12. The van der Waals surface area contributed by atoms with Crippen molar-refractivity contribution in [2.75, 3.05) is 0 Å². The summed E-state index contributed by atoms with van der Waals surface area (Å²) in [5, 5.41) is 0. The molecular weight excluding hydrogens is 231 g/mol. The Morgan fingerprint density at radius 3 is 2.85 bits per heavy atom. The molecule has 0 N–H and O–H groups in total. The lowest BCUT2D eigenvalue weighted by Gasteiger charge is -2.00. The van der Waals surface area contributed by atoms with E-state index in [0.29, 0.717) is 4.47 Å². The predicted molar refractivity (Wildman–Crippen MR) is 57.2 cm³/mol. The van der Waals surface area contributed by atoms with Crippen LogP contribution < -0.4 is 0 Å². The maximum Gasteiger partial charge on any atom is 0.137 e. The summed E-state index contributed by atoms with van der Waals surface area (Å²) in [6, 6.07) is 5.15. The van der Waals surface area contributed by atoms with Crippen LogP contribution in [0, 0.1) is 5.82 Å². The lowest BCUT2D eigenvalue weighted by Crippen LogP contribution is -1.86. The van der Waals surface area contributed by atoms with E-state index in [1.54, 1.807) is 0 Å². The summed E-state index contributed by atoms with van der Waals surface area (Å²) in [5.41, 5.74) is 1.16. The highest BCUT2D eigenvalue weighted by atomic mass is 79.9. The lowest BCUT2D eigenvalue weighted by atomic mass is 10.1. The van der Waals surface area contributed by atoms with Crippen LogP contribution in [-0.4, -0.2) is 0 Å². The van der Waals surface area contributed by atoms with E-state index in [1.165, 1.54) is 6.07 Å². The van der Waals surface area contributed by atoms with Crippen LogP contribution in [0.2, 0.25) is 0 Å². The van der Waals surface area contributed by atoms with Gasteiger partial charge in [-0.05, 0) is 52.9 Å². The first-order valence-corrected chi connectivity index (χ1v) is 5.08. The fourth-order valence-corrected chi connectivity index (χ4v) is 1.57. The molecule has 0 heterocycles. The molecule has 0 nitrogen and oxygen atoms in total. The molecule has 0 unspecified atom stereocenters. The number of unbranched alkanes of at least 4 members (excludes halogenated alkanes) is 1. The van der Waals surface area contributed by atoms with Crippen LogP contribution in [0.25, 0.3) is 0 Å². The monoisotopic (exact) mass is 242 g/mol. The Morgan fingerprint density at radius 1 is 1.46 bits per heavy atom. The van der Waals surface area contributed by atoms with Gasteiger partial charge in [0.1, 0.15) is 5.82 Å². The van der Waals surface area contributed by atoms with Gasteiger partial charge in [-0.15, -0.1) is 6.58 Å². The van der Waals surface area contributed by atoms with Gasteiger partial charge in [-0.3, -0.25) is 0 Å². The van der Waals surface area contributed by atoms with E-state index in [4.69, 9.17) is 0 Å². The summed E-state index contributed by atoms with van der Waals surface area (Å²) in [7, 11) is 0. The van der Waals surface area contributed by atoms with Crippen molar-refractivity contribution in [2.45, 2.75) is 19.3 Å². The first-order chi connectivity index (χ1) is 6.24. The fraction of sp³-hybridized carbons (Fsp3) is 0.273. The van der Waals surface area contributed by atoms with Gasteiger partial charge in [0.15, 0.2) is 0 Å². The number of benzene rings is 1. The van der Waals surface area contributed by atoms with Crippen molar-refractivity contribution in [1.29, 1.82) is 0 Å². The fourth-order valence-electron chi connectivity index (χ4n) is 1.15. The summed E-state index contributed by atoms with van der Waals surface area (Å²) in [6.07, 6.45) is 4.96. The van der Waals surface area contributed by atoms with Gasteiger partial charge in [0, 0.05) is 0 Å². The topological polar surface area (TPSA) is 0 Å². The molecule has 0 saturated heterocycles. The minimum Gasteiger partial charge on any atom is -0.206 e. The van der Waals surface area contributed by atoms with Crippen LogP contribution in [0.5, 0.6) is 0 Å². The number of rotatable bonds is 4. The number of allylic oxidation sites excluding steroid dienone is 1. The summed E-state index contributed by atoms with van der Waals surface area (Å²) < 4.78 is 13.4. The van der Waals surface area contributed by atoms with Crippen molar-refractivity contribution in [3.8, 4) is 0 Å². The third-order valence-electron chi connectivity index (χ3n) is 1.86. The minimum atomic E-state index is -0.201. The molecule has 1 rings (SSSR count). The Bertz CT molecular complexity index is 294. The normalized spacial score (nSPS) is 10.0. The molecule has 0 fully saturated rings. The van der Waals surface area contributed by atoms with Crippen LogP contribution in [0.1, 0.15) is 18.4 Å². The van der Waals surface area contributed by atoms with Gasteiger partial charge >= 0.3 is 0 Å². The van der Waals surface area contributed by atoms with Crippen LogP contribution in [0.3, 0.4) is 0 Å². The Balaban J connectivity index is 2.57. The van der Waals surface area contributed by atoms with E-state index in [-0.39, 0.29) is 5.82 Å². The van der Waals surface area contributed by atoms with Gasteiger partial charge in [-0.2, -0.15) is 0 Å². The molecule has 0 aliphatic carbocycles. The summed E-state index contributed by atoms with van der Waals surface area (Å²) in [4.78, 5) is 0. The van der Waals surface area contributed by atoms with Crippen molar-refractivity contribution < 1.29 is 4.39 Å². The zero-order valence-electron chi connectivity index (χ0n) is 7.39. The highest BCUT2D eigenvalue weighted by Gasteiger charge is 1.99. The molecule has 0 radical (unpaired) electrons. The van der Waals surface area contributed by atoms with E-state index in [9.17, 15) is 4.39 Å². The number of halogens is 2. The molecule has 0 aliphatic heterocycles. The molecule has 0 spiro atoms. The van der Waals surface area contributed by atoms with Crippen molar-refractivity contribution in [2.24, 2.45) is 0 Å². The Labute approximate surface area is 86.6 Å². The lowest BCUT2D eigenvalue weighted by molar-refractivity contribution is 0.620. The largest absolute Gasteiger partial charge is 0.206 e. The molecule has 0 bridgehead atoms. The maximum absolute atomic E-state index is 12.8. The van der Waals surface area contributed by atoms with Crippen molar-refractivity contribution in [1.82, 2.24) is 0 Å². The van der Waals surface area contributed by atoms with Gasteiger partial charge in [-0.1, -0.05) is 12.1 Å². The van der Waals surface area contributed by atoms with Crippen molar-refractivity contribution >= 4 is 15.9 Å². The Kier molecular flexibility index (Phi) is 4.16. The van der Waals surface area contributed by atoms with Gasteiger partial charge < -0.3 is 0 Å².